The van der Waals surface area contributed by atoms with Gasteiger partial charge in [0.2, 0.25) is 5.91 Å². The molecule has 2 atom stereocenters. The lowest BCUT2D eigenvalue weighted by molar-refractivity contribution is -0.132. The summed E-state index contributed by atoms with van der Waals surface area (Å²) in [5.41, 5.74) is 4.30. The lowest BCUT2D eigenvalue weighted by atomic mass is 10.1. The minimum absolute atomic E-state index is 0.206. The van der Waals surface area contributed by atoms with Crippen LogP contribution in [-0.2, 0) is 9.59 Å². The Bertz CT molecular complexity index is 997. The van der Waals surface area contributed by atoms with E-state index in [1.807, 2.05) is 24.3 Å². The Kier molecular flexibility index (Phi) is 7.06. The van der Waals surface area contributed by atoms with E-state index >= 15 is 0 Å². The number of benzene rings is 2. The van der Waals surface area contributed by atoms with Gasteiger partial charge in [0.1, 0.15) is 16.9 Å². The molecule has 3 rings (SSSR count). The lowest BCUT2D eigenvalue weighted by Gasteiger charge is -2.26. The van der Waals surface area contributed by atoms with E-state index in [1.54, 1.807) is 39.2 Å². The first-order valence-corrected chi connectivity index (χ1v) is 10.8. The molecule has 8 nitrogen and oxygen atoms in total. The fourth-order valence-electron chi connectivity index (χ4n) is 3.26. The van der Waals surface area contributed by atoms with Gasteiger partial charge in [-0.15, -0.1) is 11.8 Å². The van der Waals surface area contributed by atoms with E-state index in [2.05, 4.69) is 10.7 Å². The quantitative estimate of drug-likeness (QED) is 0.681. The molecule has 3 amide bonds. The number of amides is 3. The van der Waals surface area contributed by atoms with E-state index in [9.17, 15) is 14.4 Å². The van der Waals surface area contributed by atoms with Crippen LogP contribution in [0, 0.1) is 0 Å². The third kappa shape index (κ3) is 4.93. The van der Waals surface area contributed by atoms with Gasteiger partial charge in [0.05, 0.1) is 24.5 Å². The zero-order chi connectivity index (χ0) is 22.5. The molecule has 0 radical (unpaired) electrons. The summed E-state index contributed by atoms with van der Waals surface area (Å²) in [6.45, 7) is 5.34. The predicted octanol–water partition coefficient (Wildman–Crippen LogP) is 3.36. The molecule has 1 fully saturated rings. The normalized spacial score (nSPS) is 17.9. The van der Waals surface area contributed by atoms with Crippen LogP contribution >= 0.6 is 11.8 Å². The monoisotopic (exact) mass is 443 g/mol. The standard InChI is InChI=1S/C22H25N3O5S/c1-5-30-19-12-15(23-14(3)26)10-11-16(19)20(27)24-25-21(28)13(2)31-22(25)17-8-6-7-9-18(17)29-4/h6-13,22H,5H2,1-4H3,(H,23,26)(H,24,27)/t13-,22+/m1/s1. The molecule has 1 saturated heterocycles. The van der Waals surface area contributed by atoms with Crippen LogP contribution in [0.4, 0.5) is 5.69 Å². The topological polar surface area (TPSA) is 97.0 Å². The summed E-state index contributed by atoms with van der Waals surface area (Å²) in [6.07, 6.45) is 0. The Morgan fingerprint density at radius 3 is 2.58 bits per heavy atom. The van der Waals surface area contributed by atoms with Crippen molar-refractivity contribution >= 4 is 35.2 Å². The molecule has 2 aromatic carbocycles. The van der Waals surface area contributed by atoms with Crippen LogP contribution in [0.3, 0.4) is 0 Å². The highest BCUT2D eigenvalue weighted by Gasteiger charge is 2.41. The van der Waals surface area contributed by atoms with Crippen LogP contribution in [0.2, 0.25) is 0 Å². The van der Waals surface area contributed by atoms with Crippen LogP contribution < -0.4 is 20.2 Å². The highest BCUT2D eigenvalue weighted by Crippen LogP contribution is 2.44. The van der Waals surface area contributed by atoms with Gasteiger partial charge in [-0.05, 0) is 32.0 Å². The molecule has 0 spiro atoms. The van der Waals surface area contributed by atoms with Gasteiger partial charge in [0.15, 0.2) is 0 Å². The van der Waals surface area contributed by atoms with Gasteiger partial charge in [0.25, 0.3) is 11.8 Å². The summed E-state index contributed by atoms with van der Waals surface area (Å²) in [5, 5.41) is 3.24. The van der Waals surface area contributed by atoms with E-state index in [4.69, 9.17) is 9.47 Å². The molecule has 0 aromatic heterocycles. The van der Waals surface area contributed by atoms with E-state index in [0.29, 0.717) is 23.8 Å². The minimum Gasteiger partial charge on any atom is -0.496 e. The number of ether oxygens (including phenoxy) is 2. The average molecular weight is 444 g/mol. The Morgan fingerprint density at radius 2 is 1.90 bits per heavy atom. The van der Waals surface area contributed by atoms with E-state index < -0.39 is 11.3 Å². The zero-order valence-corrected chi connectivity index (χ0v) is 18.6. The first-order chi connectivity index (χ1) is 14.8. The van der Waals surface area contributed by atoms with Crippen LogP contribution in [0.25, 0.3) is 0 Å². The molecule has 1 aliphatic heterocycles. The van der Waals surface area contributed by atoms with Crippen molar-refractivity contribution < 1.29 is 23.9 Å². The number of thioether (sulfide) groups is 1. The van der Waals surface area contributed by atoms with Crippen molar-refractivity contribution in [2.45, 2.75) is 31.4 Å². The maximum atomic E-state index is 13.1. The van der Waals surface area contributed by atoms with Crippen molar-refractivity contribution in [3.63, 3.8) is 0 Å². The summed E-state index contributed by atoms with van der Waals surface area (Å²) in [5.74, 6) is 0.0269. The van der Waals surface area contributed by atoms with Crippen molar-refractivity contribution in [1.82, 2.24) is 10.4 Å². The number of hydrogen-bond donors (Lipinski definition) is 2. The van der Waals surface area contributed by atoms with Gasteiger partial charge < -0.3 is 14.8 Å². The molecule has 1 heterocycles. The maximum absolute atomic E-state index is 13.1. The third-order valence-electron chi connectivity index (χ3n) is 4.63. The Balaban J connectivity index is 1.90. The molecular formula is C22H25N3O5S. The number of methoxy groups -OCH3 is 1. The van der Waals surface area contributed by atoms with Crippen LogP contribution in [0.5, 0.6) is 11.5 Å². The summed E-state index contributed by atoms with van der Waals surface area (Å²) < 4.78 is 11.0. The predicted molar refractivity (Wildman–Crippen MR) is 119 cm³/mol. The van der Waals surface area contributed by atoms with Crippen molar-refractivity contribution in [3.05, 3.63) is 53.6 Å². The van der Waals surface area contributed by atoms with Gasteiger partial charge in [-0.2, -0.15) is 0 Å². The molecule has 31 heavy (non-hydrogen) atoms. The van der Waals surface area contributed by atoms with Crippen LogP contribution in [-0.4, -0.2) is 41.7 Å². The van der Waals surface area contributed by atoms with Crippen molar-refractivity contribution in [2.24, 2.45) is 0 Å². The molecule has 0 saturated carbocycles. The van der Waals surface area contributed by atoms with Gasteiger partial charge in [-0.25, -0.2) is 5.01 Å². The van der Waals surface area contributed by atoms with Crippen molar-refractivity contribution in [1.29, 1.82) is 0 Å². The Morgan fingerprint density at radius 1 is 1.16 bits per heavy atom. The molecule has 2 aromatic rings. The summed E-state index contributed by atoms with van der Waals surface area (Å²) in [7, 11) is 1.57. The SMILES string of the molecule is CCOc1cc(NC(C)=O)ccc1C(=O)NN1C(=O)[C@@H](C)S[C@H]1c1ccccc1OC. The lowest BCUT2D eigenvalue weighted by Crippen LogP contribution is -2.45. The second-order valence-electron chi connectivity index (χ2n) is 6.85. The second kappa shape index (κ2) is 9.74. The Labute approximate surface area is 185 Å². The van der Waals surface area contributed by atoms with Crippen molar-refractivity contribution in [3.8, 4) is 11.5 Å². The second-order valence-corrected chi connectivity index (χ2v) is 8.27. The first kappa shape index (κ1) is 22.5. The molecule has 9 heteroatoms. The Hall–Kier alpha value is -3.20. The fraction of sp³-hybridized carbons (Fsp3) is 0.318. The molecule has 2 N–H and O–H groups in total. The minimum atomic E-state index is -0.485. The van der Waals surface area contributed by atoms with E-state index in [1.165, 1.54) is 23.7 Å². The number of carbonyl (C=O) groups is 3. The molecular weight excluding hydrogens is 418 g/mol. The number of nitrogens with one attached hydrogen (secondary N) is 2. The number of hydrazine groups is 1. The highest BCUT2D eigenvalue weighted by molar-refractivity contribution is 8.01. The van der Waals surface area contributed by atoms with Gasteiger partial charge >= 0.3 is 0 Å². The first-order valence-electron chi connectivity index (χ1n) is 9.82. The number of carbonyl (C=O) groups excluding carboxylic acids is 3. The van der Waals surface area contributed by atoms with Gasteiger partial charge in [-0.1, -0.05) is 18.2 Å². The number of anilines is 1. The summed E-state index contributed by atoms with van der Waals surface area (Å²) >= 11 is 1.43. The number of hydrogen-bond acceptors (Lipinski definition) is 6. The zero-order valence-electron chi connectivity index (χ0n) is 17.8. The molecule has 1 aliphatic rings. The summed E-state index contributed by atoms with van der Waals surface area (Å²) in [4.78, 5) is 37.2. The summed E-state index contributed by atoms with van der Waals surface area (Å²) in [6, 6.07) is 12.1. The molecule has 0 unspecified atom stereocenters. The third-order valence-corrected chi connectivity index (χ3v) is 5.96. The van der Waals surface area contributed by atoms with E-state index in [0.717, 1.165) is 5.56 Å². The average Bonchev–Trinajstić information content (AvgIpc) is 3.02. The van der Waals surface area contributed by atoms with Crippen LogP contribution in [0.1, 0.15) is 42.1 Å². The number of nitrogens with zero attached hydrogens (tertiary/aromatic N) is 1. The van der Waals surface area contributed by atoms with E-state index in [-0.39, 0.29) is 22.6 Å². The van der Waals surface area contributed by atoms with Gasteiger partial charge in [-0.3, -0.25) is 19.8 Å². The van der Waals surface area contributed by atoms with Crippen LogP contribution in [0.15, 0.2) is 42.5 Å². The number of para-hydroxylation sites is 1. The molecule has 0 bridgehead atoms. The largest absolute Gasteiger partial charge is 0.496 e. The van der Waals surface area contributed by atoms with Crippen molar-refractivity contribution in [2.75, 3.05) is 19.0 Å². The fourth-order valence-corrected chi connectivity index (χ4v) is 4.49. The molecule has 164 valence electrons. The number of rotatable bonds is 7. The van der Waals surface area contributed by atoms with Gasteiger partial charge in [0, 0.05) is 24.2 Å². The molecule has 0 aliphatic carbocycles. The maximum Gasteiger partial charge on any atom is 0.273 e. The smallest absolute Gasteiger partial charge is 0.273 e. The highest BCUT2D eigenvalue weighted by atomic mass is 32.2.